The van der Waals surface area contributed by atoms with Gasteiger partial charge in [0, 0.05) is 19.6 Å². The molecule has 0 aliphatic carbocycles. The first-order chi connectivity index (χ1) is 7.29. The quantitative estimate of drug-likeness (QED) is 0.462. The molecule has 4 heteroatoms. The van der Waals surface area contributed by atoms with Crippen molar-refractivity contribution in [1.82, 2.24) is 10.2 Å². The molecule has 0 spiro atoms. The number of hydrogen-bond acceptors (Lipinski definition) is 2. The van der Waals surface area contributed by atoms with Crippen LogP contribution in [0.2, 0.25) is 0 Å². The lowest BCUT2D eigenvalue weighted by atomic mass is 10.0. The van der Waals surface area contributed by atoms with Gasteiger partial charge >= 0.3 is 0 Å². The van der Waals surface area contributed by atoms with Crippen molar-refractivity contribution in [3.05, 3.63) is 35.9 Å². The molecule has 80 valence electrons. The molecular weight excluding hydrogens is 188 g/mol. The minimum absolute atomic E-state index is 0.158. The van der Waals surface area contributed by atoms with Crippen molar-refractivity contribution >= 4 is 5.96 Å². The summed E-state index contributed by atoms with van der Waals surface area (Å²) in [5.41, 5.74) is 6.78. The molecule has 4 N–H and O–H groups in total. The lowest BCUT2D eigenvalue weighted by Gasteiger charge is -2.36. The van der Waals surface area contributed by atoms with E-state index < -0.39 is 0 Å². The second-order valence-corrected chi connectivity index (χ2v) is 3.71. The maximum absolute atomic E-state index is 7.54. The fourth-order valence-electron chi connectivity index (χ4n) is 1.97. The van der Waals surface area contributed by atoms with Crippen molar-refractivity contribution in [3.8, 4) is 0 Å². The van der Waals surface area contributed by atoms with Gasteiger partial charge in [0.15, 0.2) is 5.96 Å². The van der Waals surface area contributed by atoms with E-state index in [0.29, 0.717) is 0 Å². The topological polar surface area (TPSA) is 65.1 Å². The number of guanidine groups is 1. The van der Waals surface area contributed by atoms with Crippen molar-refractivity contribution in [2.45, 2.75) is 6.04 Å². The first-order valence-electron chi connectivity index (χ1n) is 5.15. The van der Waals surface area contributed by atoms with Gasteiger partial charge in [0.25, 0.3) is 0 Å². The van der Waals surface area contributed by atoms with Crippen LogP contribution in [0.25, 0.3) is 0 Å². The molecule has 1 aliphatic rings. The summed E-state index contributed by atoms with van der Waals surface area (Å²) in [5, 5.41) is 10.9. The summed E-state index contributed by atoms with van der Waals surface area (Å²) >= 11 is 0. The van der Waals surface area contributed by atoms with Gasteiger partial charge < -0.3 is 16.0 Å². The second-order valence-electron chi connectivity index (χ2n) is 3.71. The highest BCUT2D eigenvalue weighted by atomic mass is 15.3. The van der Waals surface area contributed by atoms with Gasteiger partial charge in [-0.25, -0.2) is 0 Å². The number of nitrogens with zero attached hydrogens (tertiary/aromatic N) is 1. The third-order valence-electron chi connectivity index (χ3n) is 2.74. The Kier molecular flexibility index (Phi) is 2.87. The van der Waals surface area contributed by atoms with E-state index in [2.05, 4.69) is 17.4 Å². The summed E-state index contributed by atoms with van der Waals surface area (Å²) in [4.78, 5) is 1.94. The van der Waals surface area contributed by atoms with Gasteiger partial charge in [0.1, 0.15) is 0 Å². The molecule has 1 atom stereocenters. The van der Waals surface area contributed by atoms with E-state index in [1.807, 2.05) is 23.1 Å². The van der Waals surface area contributed by atoms with Crippen LogP contribution in [0.1, 0.15) is 11.6 Å². The molecule has 0 aromatic heterocycles. The summed E-state index contributed by atoms with van der Waals surface area (Å²) in [5.74, 6) is 0.158. The van der Waals surface area contributed by atoms with Gasteiger partial charge in [0.05, 0.1) is 6.04 Å². The Labute approximate surface area is 89.6 Å². The molecule has 4 nitrogen and oxygen atoms in total. The van der Waals surface area contributed by atoms with E-state index in [0.717, 1.165) is 19.6 Å². The monoisotopic (exact) mass is 204 g/mol. The zero-order chi connectivity index (χ0) is 10.7. The van der Waals surface area contributed by atoms with Crippen LogP contribution in [0.15, 0.2) is 30.3 Å². The Hall–Kier alpha value is -1.55. The van der Waals surface area contributed by atoms with Crippen molar-refractivity contribution in [2.24, 2.45) is 5.73 Å². The third kappa shape index (κ3) is 2.10. The smallest absolute Gasteiger partial charge is 0.188 e. The standard InChI is InChI=1S/C11H16N4/c12-11(13)15-7-6-14-8-10(15)9-4-2-1-3-5-9/h1-5,10,14H,6-8H2,(H3,12,13). The zero-order valence-electron chi connectivity index (χ0n) is 8.61. The molecule has 1 aromatic rings. The average molecular weight is 204 g/mol. The molecule has 0 bridgehead atoms. The van der Waals surface area contributed by atoms with Crippen LogP contribution in [0, 0.1) is 5.41 Å². The molecule has 2 rings (SSSR count). The van der Waals surface area contributed by atoms with E-state index >= 15 is 0 Å². The molecule has 1 heterocycles. The summed E-state index contributed by atoms with van der Waals surface area (Å²) in [6.07, 6.45) is 0. The molecular formula is C11H16N4. The number of nitrogens with one attached hydrogen (secondary N) is 2. The van der Waals surface area contributed by atoms with E-state index in [9.17, 15) is 0 Å². The number of hydrogen-bond donors (Lipinski definition) is 3. The van der Waals surface area contributed by atoms with Crippen LogP contribution < -0.4 is 11.1 Å². The molecule has 1 aliphatic heterocycles. The van der Waals surface area contributed by atoms with E-state index in [1.165, 1.54) is 5.56 Å². The number of rotatable bonds is 1. The maximum atomic E-state index is 7.54. The molecule has 1 unspecified atom stereocenters. The van der Waals surface area contributed by atoms with E-state index in [-0.39, 0.29) is 12.0 Å². The van der Waals surface area contributed by atoms with Crippen LogP contribution in [0.3, 0.4) is 0 Å². The van der Waals surface area contributed by atoms with E-state index in [4.69, 9.17) is 11.1 Å². The van der Waals surface area contributed by atoms with Gasteiger partial charge in [-0.2, -0.15) is 0 Å². The Morgan fingerprint density at radius 1 is 1.40 bits per heavy atom. The van der Waals surface area contributed by atoms with Crippen molar-refractivity contribution in [1.29, 1.82) is 5.41 Å². The van der Waals surface area contributed by atoms with Crippen LogP contribution >= 0.6 is 0 Å². The van der Waals surface area contributed by atoms with Gasteiger partial charge in [-0.05, 0) is 5.56 Å². The summed E-state index contributed by atoms with van der Waals surface area (Å²) in [7, 11) is 0. The Morgan fingerprint density at radius 2 is 2.13 bits per heavy atom. The summed E-state index contributed by atoms with van der Waals surface area (Å²) < 4.78 is 0. The van der Waals surface area contributed by atoms with Gasteiger partial charge in [0.2, 0.25) is 0 Å². The third-order valence-corrected chi connectivity index (χ3v) is 2.74. The zero-order valence-corrected chi connectivity index (χ0v) is 8.61. The van der Waals surface area contributed by atoms with E-state index in [1.54, 1.807) is 0 Å². The van der Waals surface area contributed by atoms with Crippen molar-refractivity contribution in [3.63, 3.8) is 0 Å². The first-order valence-corrected chi connectivity index (χ1v) is 5.15. The normalized spacial score (nSPS) is 21.3. The largest absolute Gasteiger partial charge is 0.370 e. The Balaban J connectivity index is 2.22. The first kappa shape index (κ1) is 9.98. The number of piperazine rings is 1. The number of benzene rings is 1. The van der Waals surface area contributed by atoms with Crippen LogP contribution in [-0.2, 0) is 0 Å². The van der Waals surface area contributed by atoms with Crippen LogP contribution in [-0.4, -0.2) is 30.5 Å². The highest BCUT2D eigenvalue weighted by Crippen LogP contribution is 2.20. The lowest BCUT2D eigenvalue weighted by molar-refractivity contribution is 0.257. The molecule has 1 aromatic carbocycles. The molecule has 1 saturated heterocycles. The molecule has 0 radical (unpaired) electrons. The summed E-state index contributed by atoms with van der Waals surface area (Å²) in [6, 6.07) is 10.4. The highest BCUT2D eigenvalue weighted by molar-refractivity contribution is 5.75. The fourth-order valence-corrected chi connectivity index (χ4v) is 1.97. The SMILES string of the molecule is N=C(N)N1CCNCC1c1ccccc1. The van der Waals surface area contributed by atoms with Crippen molar-refractivity contribution < 1.29 is 0 Å². The van der Waals surface area contributed by atoms with Crippen molar-refractivity contribution in [2.75, 3.05) is 19.6 Å². The Bertz CT molecular complexity index is 336. The molecule has 15 heavy (non-hydrogen) atoms. The minimum atomic E-state index is 0.158. The predicted octanol–water partition coefficient (Wildman–Crippen LogP) is 0.526. The van der Waals surface area contributed by atoms with Crippen LogP contribution in [0.5, 0.6) is 0 Å². The fraction of sp³-hybridized carbons (Fsp3) is 0.364. The Morgan fingerprint density at radius 3 is 2.80 bits per heavy atom. The predicted molar refractivity (Wildman–Crippen MR) is 60.7 cm³/mol. The maximum Gasteiger partial charge on any atom is 0.188 e. The lowest BCUT2D eigenvalue weighted by Crippen LogP contribution is -2.50. The highest BCUT2D eigenvalue weighted by Gasteiger charge is 2.24. The molecule has 0 saturated carbocycles. The van der Waals surface area contributed by atoms with Crippen LogP contribution in [0.4, 0.5) is 0 Å². The second kappa shape index (κ2) is 4.31. The van der Waals surface area contributed by atoms with Gasteiger partial charge in [-0.3, -0.25) is 5.41 Å². The number of nitrogens with two attached hydrogens (primary N) is 1. The molecule has 0 amide bonds. The van der Waals surface area contributed by atoms with Gasteiger partial charge in [-0.15, -0.1) is 0 Å². The average Bonchev–Trinajstić information content (AvgIpc) is 2.30. The summed E-state index contributed by atoms with van der Waals surface area (Å²) in [6.45, 7) is 2.54. The van der Waals surface area contributed by atoms with Gasteiger partial charge in [-0.1, -0.05) is 30.3 Å². The minimum Gasteiger partial charge on any atom is -0.370 e. The molecule has 1 fully saturated rings.